The van der Waals surface area contributed by atoms with Crippen LogP contribution < -0.4 is 5.32 Å². The summed E-state index contributed by atoms with van der Waals surface area (Å²) in [5.41, 5.74) is 0.757. The highest BCUT2D eigenvalue weighted by atomic mass is 14.9. The molecule has 0 amide bonds. The number of hydrogen-bond donors (Lipinski definition) is 1. The van der Waals surface area contributed by atoms with Crippen LogP contribution in [0.5, 0.6) is 0 Å². The Morgan fingerprint density at radius 1 is 0.944 bits per heavy atom. The van der Waals surface area contributed by atoms with Gasteiger partial charge in [0, 0.05) is 0 Å². The minimum atomic E-state index is 0.757. The average Bonchev–Trinajstić information content (AvgIpc) is 2.35. The van der Waals surface area contributed by atoms with Gasteiger partial charge in [0.25, 0.3) is 0 Å². The number of rotatable bonds is 1. The molecule has 5 rings (SSSR count). The van der Waals surface area contributed by atoms with Crippen LogP contribution in [0, 0.1) is 40.9 Å². The maximum atomic E-state index is 3.70. The zero-order valence-electron chi connectivity index (χ0n) is 12.1. The molecule has 0 aromatic carbocycles. The van der Waals surface area contributed by atoms with Crippen molar-refractivity contribution in [2.75, 3.05) is 13.1 Å². The summed E-state index contributed by atoms with van der Waals surface area (Å²) >= 11 is 0. The van der Waals surface area contributed by atoms with Gasteiger partial charge in [-0.15, -0.1) is 0 Å². The normalized spacial score (nSPS) is 54.5. The van der Waals surface area contributed by atoms with Gasteiger partial charge in [-0.05, 0) is 92.5 Å². The van der Waals surface area contributed by atoms with E-state index in [-0.39, 0.29) is 0 Å². The molecule has 1 saturated heterocycles. The molecule has 1 heterocycles. The van der Waals surface area contributed by atoms with Crippen molar-refractivity contribution in [1.29, 1.82) is 0 Å². The molecule has 1 aliphatic heterocycles. The molecule has 1 heteroatoms. The minimum Gasteiger partial charge on any atom is -0.316 e. The van der Waals surface area contributed by atoms with Crippen LogP contribution in [0.2, 0.25) is 0 Å². The van der Waals surface area contributed by atoms with Gasteiger partial charge in [-0.2, -0.15) is 0 Å². The molecule has 1 nitrogen and oxygen atoms in total. The quantitative estimate of drug-likeness (QED) is 0.745. The molecule has 1 spiro atoms. The Morgan fingerprint density at radius 3 is 2.11 bits per heavy atom. The summed E-state index contributed by atoms with van der Waals surface area (Å²) in [5, 5.41) is 3.70. The van der Waals surface area contributed by atoms with E-state index in [0.29, 0.717) is 0 Å². The molecule has 18 heavy (non-hydrogen) atoms. The first kappa shape index (κ1) is 11.8. The average molecular weight is 247 g/mol. The molecule has 5 aliphatic rings. The molecular formula is C17H29N. The van der Waals surface area contributed by atoms with Gasteiger partial charge in [0.05, 0.1) is 0 Å². The zero-order chi connectivity index (χ0) is 12.3. The van der Waals surface area contributed by atoms with Gasteiger partial charge < -0.3 is 5.32 Å². The first-order valence-electron chi connectivity index (χ1n) is 8.41. The van der Waals surface area contributed by atoms with Crippen LogP contribution in [0.4, 0.5) is 0 Å². The van der Waals surface area contributed by atoms with Crippen LogP contribution >= 0.6 is 0 Å². The third-order valence-corrected chi connectivity index (χ3v) is 7.25. The number of piperidine rings is 1. The SMILES string of the molecule is CC(C)C1CNCCC12C1CC3CC(C1)CC2C3. The van der Waals surface area contributed by atoms with Crippen molar-refractivity contribution in [2.24, 2.45) is 40.9 Å². The second kappa shape index (κ2) is 3.98. The van der Waals surface area contributed by atoms with E-state index >= 15 is 0 Å². The van der Waals surface area contributed by atoms with Gasteiger partial charge in [0.1, 0.15) is 0 Å². The first-order chi connectivity index (χ1) is 8.70. The highest BCUT2D eigenvalue weighted by Gasteiger charge is 2.60. The Kier molecular flexibility index (Phi) is 2.60. The van der Waals surface area contributed by atoms with Gasteiger partial charge >= 0.3 is 0 Å². The highest BCUT2D eigenvalue weighted by Crippen LogP contribution is 2.67. The fourth-order valence-corrected chi connectivity index (χ4v) is 6.87. The molecule has 4 bridgehead atoms. The highest BCUT2D eigenvalue weighted by molar-refractivity contribution is 5.10. The molecule has 1 N–H and O–H groups in total. The molecule has 0 aromatic heterocycles. The summed E-state index contributed by atoms with van der Waals surface area (Å²) < 4.78 is 0. The van der Waals surface area contributed by atoms with Gasteiger partial charge in [0.15, 0.2) is 0 Å². The molecule has 1 unspecified atom stereocenters. The maximum Gasteiger partial charge on any atom is -0.00125 e. The van der Waals surface area contributed by atoms with E-state index in [2.05, 4.69) is 19.2 Å². The fraction of sp³-hybridized carbons (Fsp3) is 1.00. The lowest BCUT2D eigenvalue weighted by Crippen LogP contribution is -2.61. The van der Waals surface area contributed by atoms with Crippen molar-refractivity contribution in [3.05, 3.63) is 0 Å². The predicted octanol–water partition coefficient (Wildman–Crippen LogP) is 3.69. The van der Waals surface area contributed by atoms with Gasteiger partial charge in [-0.25, -0.2) is 0 Å². The Bertz CT molecular complexity index is 305. The molecule has 102 valence electrons. The summed E-state index contributed by atoms with van der Waals surface area (Å²) in [4.78, 5) is 0. The van der Waals surface area contributed by atoms with Crippen molar-refractivity contribution in [2.45, 2.75) is 52.4 Å². The maximum absolute atomic E-state index is 3.70. The topological polar surface area (TPSA) is 12.0 Å². The van der Waals surface area contributed by atoms with E-state index in [1.54, 1.807) is 32.1 Å². The third-order valence-electron chi connectivity index (χ3n) is 7.25. The Hall–Kier alpha value is -0.0400. The molecule has 0 aromatic rings. The Balaban J connectivity index is 1.72. The van der Waals surface area contributed by atoms with Crippen LogP contribution in [-0.2, 0) is 0 Å². The predicted molar refractivity (Wildman–Crippen MR) is 75.3 cm³/mol. The fourth-order valence-electron chi connectivity index (χ4n) is 6.87. The van der Waals surface area contributed by atoms with Gasteiger partial charge in [-0.3, -0.25) is 0 Å². The summed E-state index contributed by atoms with van der Waals surface area (Å²) in [6.07, 6.45) is 9.46. The molecule has 4 saturated carbocycles. The second-order valence-corrected chi connectivity index (χ2v) is 8.22. The van der Waals surface area contributed by atoms with E-state index in [1.165, 1.54) is 19.5 Å². The van der Waals surface area contributed by atoms with Crippen molar-refractivity contribution in [1.82, 2.24) is 5.32 Å². The Labute approximate surface area is 112 Å². The molecular weight excluding hydrogens is 218 g/mol. The van der Waals surface area contributed by atoms with Crippen molar-refractivity contribution in [3.63, 3.8) is 0 Å². The van der Waals surface area contributed by atoms with Crippen molar-refractivity contribution in [3.8, 4) is 0 Å². The lowest BCUT2D eigenvalue weighted by molar-refractivity contribution is -0.161. The van der Waals surface area contributed by atoms with E-state index in [9.17, 15) is 0 Å². The van der Waals surface area contributed by atoms with E-state index in [1.807, 2.05) is 0 Å². The van der Waals surface area contributed by atoms with E-state index in [0.717, 1.165) is 40.9 Å². The van der Waals surface area contributed by atoms with Crippen LogP contribution in [0.25, 0.3) is 0 Å². The summed E-state index contributed by atoms with van der Waals surface area (Å²) in [7, 11) is 0. The lowest BCUT2D eigenvalue weighted by atomic mass is 9.40. The van der Waals surface area contributed by atoms with Crippen LogP contribution in [0.1, 0.15) is 52.4 Å². The summed E-state index contributed by atoms with van der Waals surface area (Å²) in [6.45, 7) is 7.56. The monoisotopic (exact) mass is 247 g/mol. The van der Waals surface area contributed by atoms with Gasteiger partial charge in [0.2, 0.25) is 0 Å². The van der Waals surface area contributed by atoms with Crippen LogP contribution in [-0.4, -0.2) is 13.1 Å². The molecule has 0 radical (unpaired) electrons. The molecule has 5 fully saturated rings. The smallest absolute Gasteiger partial charge is 0.00125 e. The third kappa shape index (κ3) is 1.43. The van der Waals surface area contributed by atoms with Gasteiger partial charge in [-0.1, -0.05) is 13.8 Å². The molecule has 1 atom stereocenters. The second-order valence-electron chi connectivity index (χ2n) is 8.22. The van der Waals surface area contributed by atoms with E-state index < -0.39 is 0 Å². The zero-order valence-corrected chi connectivity index (χ0v) is 12.1. The van der Waals surface area contributed by atoms with Crippen molar-refractivity contribution >= 4 is 0 Å². The minimum absolute atomic E-state index is 0.757. The van der Waals surface area contributed by atoms with Crippen LogP contribution in [0.3, 0.4) is 0 Å². The number of hydrogen-bond acceptors (Lipinski definition) is 1. The summed E-state index contributed by atoms with van der Waals surface area (Å²) in [6, 6.07) is 0. The number of nitrogens with one attached hydrogen (secondary N) is 1. The summed E-state index contributed by atoms with van der Waals surface area (Å²) in [5.74, 6) is 6.28. The Morgan fingerprint density at radius 2 is 1.56 bits per heavy atom. The first-order valence-corrected chi connectivity index (χ1v) is 8.41. The molecule has 4 aliphatic carbocycles. The standard InChI is InChI=1S/C17H29N/c1-11(2)16-10-18-4-3-17(16)14-6-12-5-13(8-14)9-15(17)7-12/h11-16,18H,3-10H2,1-2H3. The van der Waals surface area contributed by atoms with Crippen LogP contribution in [0.15, 0.2) is 0 Å². The van der Waals surface area contributed by atoms with Crippen molar-refractivity contribution < 1.29 is 0 Å². The lowest BCUT2D eigenvalue weighted by Gasteiger charge is -2.66. The van der Waals surface area contributed by atoms with E-state index in [4.69, 9.17) is 0 Å². The largest absolute Gasteiger partial charge is 0.316 e.